The van der Waals surface area contributed by atoms with E-state index in [-0.39, 0.29) is 40.7 Å². The highest BCUT2D eigenvalue weighted by Crippen LogP contribution is 2.49. The Bertz CT molecular complexity index is 1170. The van der Waals surface area contributed by atoms with Gasteiger partial charge in [-0.15, -0.1) is 0 Å². The molecule has 8 nitrogen and oxygen atoms in total. The van der Waals surface area contributed by atoms with E-state index in [4.69, 9.17) is 4.74 Å². The summed E-state index contributed by atoms with van der Waals surface area (Å²) in [6, 6.07) is 10.7. The Morgan fingerprint density at radius 3 is 2.59 bits per heavy atom. The van der Waals surface area contributed by atoms with Gasteiger partial charge in [0.2, 0.25) is 5.91 Å². The monoisotopic (exact) mass is 436 g/mol. The van der Waals surface area contributed by atoms with Crippen molar-refractivity contribution in [1.82, 2.24) is 0 Å². The van der Waals surface area contributed by atoms with E-state index in [2.05, 4.69) is 0 Å². The van der Waals surface area contributed by atoms with E-state index in [1.54, 1.807) is 18.2 Å². The average molecular weight is 436 g/mol. The zero-order valence-corrected chi connectivity index (χ0v) is 18.1. The van der Waals surface area contributed by atoms with Crippen molar-refractivity contribution in [3.05, 3.63) is 69.4 Å². The minimum absolute atomic E-state index is 0.0260. The summed E-state index contributed by atoms with van der Waals surface area (Å²) in [4.78, 5) is 39.0. The lowest BCUT2D eigenvalue weighted by Gasteiger charge is -2.42. The number of carbonyl (C=O) groups excluding carboxylic acids is 2. The number of Topliss-reactive ketones (excluding diaryl/α,β-unsaturated/α-hetero) is 1. The summed E-state index contributed by atoms with van der Waals surface area (Å²) >= 11 is 0. The first kappa shape index (κ1) is 21.5. The van der Waals surface area contributed by atoms with Crippen LogP contribution in [0.5, 0.6) is 11.5 Å². The molecule has 0 saturated carbocycles. The number of hydrogen-bond acceptors (Lipinski definition) is 6. The summed E-state index contributed by atoms with van der Waals surface area (Å²) in [6.07, 6.45) is 0.852. The van der Waals surface area contributed by atoms with Gasteiger partial charge in [-0.25, -0.2) is 0 Å². The van der Waals surface area contributed by atoms with E-state index < -0.39 is 10.8 Å². The van der Waals surface area contributed by atoms with Crippen molar-refractivity contribution in [2.24, 2.45) is 5.41 Å². The summed E-state index contributed by atoms with van der Waals surface area (Å²) in [5.74, 6) is -0.530. The third-order valence-corrected chi connectivity index (χ3v) is 6.05. The number of ketones is 1. The normalized spacial score (nSPS) is 20.2. The molecule has 2 aromatic rings. The summed E-state index contributed by atoms with van der Waals surface area (Å²) in [7, 11) is 1.44. The SMILES string of the molecule is COc1cc(C2CC(=O)N(c3cccc([N+](=O)[O-])c3)C3=C2C(=O)CC(C)(C)C3)ccc1O. The van der Waals surface area contributed by atoms with E-state index in [0.29, 0.717) is 35.4 Å². The maximum atomic E-state index is 13.4. The number of non-ortho nitro benzene ring substituents is 1. The van der Waals surface area contributed by atoms with Crippen LogP contribution in [0.3, 0.4) is 0 Å². The molecule has 2 aliphatic rings. The Morgan fingerprint density at radius 1 is 1.16 bits per heavy atom. The van der Waals surface area contributed by atoms with Crippen LogP contribution in [0.15, 0.2) is 53.7 Å². The first-order chi connectivity index (χ1) is 15.1. The fraction of sp³-hybridized carbons (Fsp3) is 0.333. The van der Waals surface area contributed by atoms with Gasteiger partial charge < -0.3 is 9.84 Å². The molecule has 1 N–H and O–H groups in total. The molecule has 0 radical (unpaired) electrons. The molecular formula is C24H24N2O6. The lowest BCUT2D eigenvalue weighted by atomic mass is 9.69. The van der Waals surface area contributed by atoms with Gasteiger partial charge in [0, 0.05) is 42.2 Å². The van der Waals surface area contributed by atoms with Gasteiger partial charge in [0.05, 0.1) is 17.7 Å². The number of hydrogen-bond donors (Lipinski definition) is 1. The maximum absolute atomic E-state index is 13.4. The Labute approximate surface area is 185 Å². The largest absolute Gasteiger partial charge is 0.504 e. The highest BCUT2D eigenvalue weighted by Gasteiger charge is 2.44. The number of phenolic OH excluding ortho intramolecular Hbond substituents is 1. The third kappa shape index (κ3) is 3.72. The molecule has 1 aliphatic carbocycles. The van der Waals surface area contributed by atoms with Gasteiger partial charge in [0.15, 0.2) is 17.3 Å². The molecule has 1 amide bonds. The van der Waals surface area contributed by atoms with Gasteiger partial charge >= 0.3 is 0 Å². The highest BCUT2D eigenvalue weighted by molar-refractivity contribution is 6.08. The number of allylic oxidation sites excluding steroid dienone is 2. The molecule has 32 heavy (non-hydrogen) atoms. The lowest BCUT2D eigenvalue weighted by Crippen LogP contribution is -2.43. The van der Waals surface area contributed by atoms with Gasteiger partial charge in [0.25, 0.3) is 5.69 Å². The summed E-state index contributed by atoms with van der Waals surface area (Å²) in [6.45, 7) is 3.94. The Morgan fingerprint density at radius 2 is 1.91 bits per heavy atom. The van der Waals surface area contributed by atoms with Crippen LogP contribution < -0.4 is 9.64 Å². The summed E-state index contributed by atoms with van der Waals surface area (Å²) in [5, 5.41) is 21.2. The number of phenols is 1. The zero-order valence-electron chi connectivity index (χ0n) is 18.1. The molecule has 0 bridgehead atoms. The molecule has 8 heteroatoms. The number of anilines is 1. The van der Waals surface area contributed by atoms with Crippen molar-refractivity contribution in [3.63, 3.8) is 0 Å². The van der Waals surface area contributed by atoms with Crippen LogP contribution in [0, 0.1) is 15.5 Å². The van der Waals surface area contributed by atoms with Crippen molar-refractivity contribution in [3.8, 4) is 11.5 Å². The molecule has 2 aromatic carbocycles. The maximum Gasteiger partial charge on any atom is 0.271 e. The van der Waals surface area contributed by atoms with Gasteiger partial charge in [0.1, 0.15) is 0 Å². The second-order valence-corrected chi connectivity index (χ2v) is 9.00. The first-order valence-corrected chi connectivity index (χ1v) is 10.3. The fourth-order valence-corrected chi connectivity index (χ4v) is 4.66. The summed E-state index contributed by atoms with van der Waals surface area (Å²) < 4.78 is 5.22. The van der Waals surface area contributed by atoms with Crippen molar-refractivity contribution < 1.29 is 24.4 Å². The van der Waals surface area contributed by atoms with Crippen LogP contribution in [0.4, 0.5) is 11.4 Å². The van der Waals surface area contributed by atoms with Crippen LogP contribution in [0.2, 0.25) is 0 Å². The van der Waals surface area contributed by atoms with Crippen LogP contribution in [0.1, 0.15) is 44.6 Å². The van der Waals surface area contributed by atoms with Crippen molar-refractivity contribution >= 4 is 23.1 Å². The topological polar surface area (TPSA) is 110 Å². The third-order valence-electron chi connectivity index (χ3n) is 6.05. The Kier molecular flexibility index (Phi) is 5.24. The molecule has 0 spiro atoms. The number of nitro groups is 1. The smallest absolute Gasteiger partial charge is 0.271 e. The average Bonchev–Trinajstić information content (AvgIpc) is 2.72. The first-order valence-electron chi connectivity index (χ1n) is 10.3. The highest BCUT2D eigenvalue weighted by atomic mass is 16.6. The minimum atomic E-state index is -0.505. The molecule has 0 aromatic heterocycles. The van der Waals surface area contributed by atoms with E-state index >= 15 is 0 Å². The predicted octanol–water partition coefficient (Wildman–Crippen LogP) is 4.47. The number of nitro benzene ring substituents is 1. The Hall–Kier alpha value is -3.68. The van der Waals surface area contributed by atoms with Crippen LogP contribution in [0.25, 0.3) is 0 Å². The second kappa shape index (κ2) is 7.78. The number of amides is 1. The van der Waals surface area contributed by atoms with Crippen molar-refractivity contribution in [2.45, 2.75) is 39.0 Å². The van der Waals surface area contributed by atoms with Gasteiger partial charge in [-0.1, -0.05) is 26.0 Å². The van der Waals surface area contributed by atoms with Gasteiger partial charge in [-0.05, 0) is 35.6 Å². The number of rotatable bonds is 4. The van der Waals surface area contributed by atoms with Gasteiger partial charge in [-0.2, -0.15) is 0 Å². The van der Waals surface area contributed by atoms with E-state index in [9.17, 15) is 24.8 Å². The lowest BCUT2D eigenvalue weighted by molar-refractivity contribution is -0.384. The van der Waals surface area contributed by atoms with Crippen LogP contribution in [-0.4, -0.2) is 28.8 Å². The molecule has 166 valence electrons. The quantitative estimate of drug-likeness (QED) is 0.559. The van der Waals surface area contributed by atoms with Crippen molar-refractivity contribution in [2.75, 3.05) is 12.0 Å². The standard InChI is InChI=1S/C24H24N2O6/c1-24(2)12-18-23(20(28)13-24)17(14-7-8-19(27)21(9-14)32-3)11-22(29)25(18)15-5-4-6-16(10-15)26(30)31/h4-10,17,27H,11-13H2,1-3H3. The van der Waals surface area contributed by atoms with Gasteiger partial charge in [-0.3, -0.25) is 24.6 Å². The summed E-state index contributed by atoms with van der Waals surface area (Å²) in [5.41, 5.74) is 1.73. The molecule has 0 fully saturated rings. The molecule has 0 saturated heterocycles. The molecule has 1 heterocycles. The molecule has 1 atom stereocenters. The van der Waals surface area contributed by atoms with E-state index in [0.717, 1.165) is 0 Å². The van der Waals surface area contributed by atoms with Crippen LogP contribution in [-0.2, 0) is 9.59 Å². The molecular weight excluding hydrogens is 412 g/mol. The van der Waals surface area contributed by atoms with E-state index in [1.165, 1.54) is 36.3 Å². The fourth-order valence-electron chi connectivity index (χ4n) is 4.66. The van der Waals surface area contributed by atoms with Crippen molar-refractivity contribution in [1.29, 1.82) is 0 Å². The number of methoxy groups -OCH3 is 1. The second-order valence-electron chi connectivity index (χ2n) is 9.00. The number of ether oxygens (including phenoxy) is 1. The zero-order chi connectivity index (χ0) is 23.2. The van der Waals surface area contributed by atoms with Crippen LogP contribution >= 0.6 is 0 Å². The number of aromatic hydroxyl groups is 1. The molecule has 1 aliphatic heterocycles. The number of nitrogens with zero attached hydrogens (tertiary/aromatic N) is 2. The minimum Gasteiger partial charge on any atom is -0.504 e. The predicted molar refractivity (Wildman–Crippen MR) is 118 cm³/mol. The molecule has 4 rings (SSSR count). The number of benzene rings is 2. The number of carbonyl (C=O) groups is 2. The Balaban J connectivity index is 1.90. The molecule has 1 unspecified atom stereocenters. The van der Waals surface area contributed by atoms with E-state index in [1.807, 2.05) is 13.8 Å².